The largest absolute Gasteiger partial charge is 0.417 e. The van der Waals surface area contributed by atoms with Gasteiger partial charge >= 0.3 is 12.2 Å². The quantitative estimate of drug-likeness (QED) is 0.656. The van der Waals surface area contributed by atoms with Crippen LogP contribution in [0.25, 0.3) is 5.65 Å². The van der Waals surface area contributed by atoms with Crippen LogP contribution in [0, 0.1) is 0 Å². The zero-order chi connectivity index (χ0) is 18.4. The Morgan fingerprint density at radius 3 is 2.56 bits per heavy atom. The van der Waals surface area contributed by atoms with Gasteiger partial charge in [-0.3, -0.25) is 14.1 Å². The molecule has 0 radical (unpaired) electrons. The van der Waals surface area contributed by atoms with Gasteiger partial charge in [-0.25, -0.2) is 4.79 Å². The number of imide groups is 1. The van der Waals surface area contributed by atoms with Gasteiger partial charge in [0.2, 0.25) is 0 Å². The topological polar surface area (TPSA) is 79.6 Å². The summed E-state index contributed by atoms with van der Waals surface area (Å²) in [5.41, 5.74) is -1.48. The van der Waals surface area contributed by atoms with Crippen LogP contribution in [0.4, 0.5) is 18.0 Å². The van der Waals surface area contributed by atoms with Crippen molar-refractivity contribution in [3.05, 3.63) is 23.9 Å². The predicted molar refractivity (Wildman–Crippen MR) is 83.0 cm³/mol. The molecule has 2 aromatic heterocycles. The molecule has 0 saturated carbocycles. The molecule has 1 aliphatic rings. The maximum Gasteiger partial charge on any atom is 0.417 e. The summed E-state index contributed by atoms with van der Waals surface area (Å²) < 4.78 is 39.7. The van der Waals surface area contributed by atoms with E-state index in [1.54, 1.807) is 13.8 Å². The first-order chi connectivity index (χ1) is 11.6. The number of pyridine rings is 1. The number of carbonyl (C=O) groups excluding carboxylic acids is 2. The summed E-state index contributed by atoms with van der Waals surface area (Å²) in [4.78, 5) is 24.9. The first-order valence-electron chi connectivity index (χ1n) is 7.28. The summed E-state index contributed by atoms with van der Waals surface area (Å²) >= 11 is 1.12. The van der Waals surface area contributed by atoms with E-state index in [0.717, 1.165) is 28.9 Å². The Morgan fingerprint density at radius 1 is 1.24 bits per heavy atom. The lowest BCUT2D eigenvalue weighted by Crippen LogP contribution is -2.40. The summed E-state index contributed by atoms with van der Waals surface area (Å²) in [5.74, 6) is -0.0599. The average Bonchev–Trinajstić information content (AvgIpc) is 2.99. The van der Waals surface area contributed by atoms with Gasteiger partial charge in [0.1, 0.15) is 5.54 Å². The number of fused-ring (bicyclic) bond motifs is 1. The molecule has 134 valence electrons. The van der Waals surface area contributed by atoms with Crippen LogP contribution in [-0.4, -0.2) is 49.3 Å². The molecule has 0 unspecified atom stereocenters. The molecule has 0 aromatic carbocycles. The number of nitrogens with zero attached hydrogens (tertiary/aromatic N) is 4. The second-order valence-electron chi connectivity index (χ2n) is 5.99. The van der Waals surface area contributed by atoms with Crippen molar-refractivity contribution in [3.8, 4) is 0 Å². The molecule has 3 rings (SSSR count). The zero-order valence-corrected chi connectivity index (χ0v) is 14.1. The molecule has 25 heavy (non-hydrogen) atoms. The number of aromatic nitrogens is 3. The van der Waals surface area contributed by atoms with Crippen LogP contribution in [0.2, 0.25) is 0 Å². The minimum atomic E-state index is -4.47. The van der Waals surface area contributed by atoms with E-state index in [0.29, 0.717) is 0 Å². The lowest BCUT2D eigenvalue weighted by molar-refractivity contribution is -0.138. The number of halogens is 3. The molecule has 3 amide bonds. The number of hydrogen-bond donors (Lipinski definition) is 1. The highest BCUT2D eigenvalue weighted by atomic mass is 32.2. The number of carbonyl (C=O) groups is 2. The van der Waals surface area contributed by atoms with Gasteiger partial charge in [-0.15, -0.1) is 10.2 Å². The van der Waals surface area contributed by atoms with Crippen LogP contribution in [0.15, 0.2) is 23.5 Å². The van der Waals surface area contributed by atoms with Crippen molar-refractivity contribution in [3.63, 3.8) is 0 Å². The summed E-state index contributed by atoms with van der Waals surface area (Å²) in [6.07, 6.45) is -3.54. The van der Waals surface area contributed by atoms with E-state index < -0.39 is 23.3 Å². The maximum atomic E-state index is 12.8. The molecular formula is C14H14F3N5O2S. The van der Waals surface area contributed by atoms with Gasteiger partial charge in [-0.05, 0) is 26.0 Å². The molecule has 3 heterocycles. The summed E-state index contributed by atoms with van der Waals surface area (Å²) in [6.45, 7) is 3.32. The molecule has 11 heteroatoms. The van der Waals surface area contributed by atoms with Crippen LogP contribution < -0.4 is 5.32 Å². The Hall–Kier alpha value is -2.30. The highest BCUT2D eigenvalue weighted by molar-refractivity contribution is 7.99. The van der Waals surface area contributed by atoms with Crippen molar-refractivity contribution < 1.29 is 22.8 Å². The second-order valence-corrected chi connectivity index (χ2v) is 7.05. The van der Waals surface area contributed by atoms with E-state index >= 15 is 0 Å². The number of urea groups is 1. The third-order valence-corrected chi connectivity index (χ3v) is 4.61. The van der Waals surface area contributed by atoms with Gasteiger partial charge in [0.15, 0.2) is 10.8 Å². The molecule has 2 aromatic rings. The number of thioether (sulfide) groups is 1. The van der Waals surface area contributed by atoms with Gasteiger partial charge in [-0.2, -0.15) is 13.2 Å². The lowest BCUT2D eigenvalue weighted by atomic mass is 10.1. The first kappa shape index (κ1) is 17.5. The standard InChI is InChI=1S/C14H14F3N5O2S/c1-13(2)10(23)21(11(24)18-13)5-6-25-12-20-19-9-4-3-8(7-22(9)12)14(15,16)17/h3-4,7H,5-6H2,1-2H3,(H,18,24). The van der Waals surface area contributed by atoms with E-state index in [4.69, 9.17) is 0 Å². The zero-order valence-electron chi connectivity index (χ0n) is 13.3. The molecule has 0 atom stereocenters. The number of alkyl halides is 3. The number of rotatable bonds is 4. The second kappa shape index (κ2) is 5.90. The molecule has 1 saturated heterocycles. The number of hydrogen-bond acceptors (Lipinski definition) is 5. The fourth-order valence-electron chi connectivity index (χ4n) is 2.39. The van der Waals surface area contributed by atoms with Crippen molar-refractivity contribution in [2.24, 2.45) is 0 Å². The Kier molecular flexibility index (Phi) is 4.13. The van der Waals surface area contributed by atoms with E-state index in [2.05, 4.69) is 15.5 Å². The molecule has 1 aliphatic heterocycles. The van der Waals surface area contributed by atoms with Crippen LogP contribution in [0.1, 0.15) is 19.4 Å². The summed E-state index contributed by atoms with van der Waals surface area (Å²) in [7, 11) is 0. The Labute approximate surface area is 144 Å². The third kappa shape index (κ3) is 3.28. The Balaban J connectivity index is 1.72. The average molecular weight is 373 g/mol. The highest BCUT2D eigenvalue weighted by Crippen LogP contribution is 2.30. The molecule has 1 fully saturated rings. The van der Waals surface area contributed by atoms with Gasteiger partial charge in [0.05, 0.1) is 5.56 Å². The number of amides is 3. The van der Waals surface area contributed by atoms with Gasteiger partial charge in [-0.1, -0.05) is 11.8 Å². The lowest BCUT2D eigenvalue weighted by Gasteiger charge is -2.15. The van der Waals surface area contributed by atoms with E-state index in [1.807, 2.05) is 0 Å². The first-order valence-corrected chi connectivity index (χ1v) is 8.27. The maximum absolute atomic E-state index is 12.8. The van der Waals surface area contributed by atoms with Crippen molar-refractivity contribution in [2.75, 3.05) is 12.3 Å². The summed E-state index contributed by atoms with van der Waals surface area (Å²) in [6, 6.07) is 1.69. The SMILES string of the molecule is CC1(C)NC(=O)N(CCSc2nnc3ccc(C(F)(F)F)cn23)C1=O. The molecule has 0 spiro atoms. The minimum absolute atomic E-state index is 0.118. The normalized spacial score (nSPS) is 17.4. The van der Waals surface area contributed by atoms with Crippen LogP contribution in [0.5, 0.6) is 0 Å². The van der Waals surface area contributed by atoms with Gasteiger partial charge in [0.25, 0.3) is 5.91 Å². The van der Waals surface area contributed by atoms with Crippen molar-refractivity contribution >= 4 is 29.3 Å². The molecular weight excluding hydrogens is 359 g/mol. The molecule has 1 N–H and O–H groups in total. The van der Waals surface area contributed by atoms with Crippen molar-refractivity contribution in [1.29, 1.82) is 0 Å². The van der Waals surface area contributed by atoms with E-state index in [9.17, 15) is 22.8 Å². The molecule has 7 nitrogen and oxygen atoms in total. The number of nitrogens with one attached hydrogen (secondary N) is 1. The van der Waals surface area contributed by atoms with Crippen molar-refractivity contribution in [1.82, 2.24) is 24.8 Å². The van der Waals surface area contributed by atoms with Crippen LogP contribution >= 0.6 is 11.8 Å². The predicted octanol–water partition coefficient (Wildman–Crippen LogP) is 2.17. The molecule has 0 aliphatic carbocycles. The summed E-state index contributed by atoms with van der Waals surface area (Å²) in [5, 5.41) is 10.5. The fraction of sp³-hybridized carbons (Fsp3) is 0.429. The van der Waals surface area contributed by atoms with Gasteiger partial charge in [0, 0.05) is 18.5 Å². The fourth-order valence-corrected chi connectivity index (χ4v) is 3.23. The smallest absolute Gasteiger partial charge is 0.324 e. The van der Waals surface area contributed by atoms with Crippen LogP contribution in [0.3, 0.4) is 0 Å². The van der Waals surface area contributed by atoms with Crippen molar-refractivity contribution in [2.45, 2.75) is 30.7 Å². The van der Waals surface area contributed by atoms with E-state index in [1.165, 1.54) is 10.5 Å². The monoisotopic (exact) mass is 373 g/mol. The Bertz CT molecular complexity index is 849. The molecule has 0 bridgehead atoms. The van der Waals surface area contributed by atoms with E-state index in [-0.39, 0.29) is 29.0 Å². The highest BCUT2D eigenvalue weighted by Gasteiger charge is 2.43. The van der Waals surface area contributed by atoms with Crippen LogP contribution in [-0.2, 0) is 11.0 Å². The third-order valence-electron chi connectivity index (χ3n) is 3.69. The van der Waals surface area contributed by atoms with Gasteiger partial charge < -0.3 is 5.32 Å². The minimum Gasteiger partial charge on any atom is -0.324 e. The Morgan fingerprint density at radius 2 is 1.96 bits per heavy atom.